The highest BCUT2D eigenvalue weighted by atomic mass is 32.2. The number of sulfone groups is 1. The Hall–Kier alpha value is -0.130. The van der Waals surface area contributed by atoms with Gasteiger partial charge in [0.15, 0.2) is 9.84 Å². The molecular formula is C15H30N2O2S. The summed E-state index contributed by atoms with van der Waals surface area (Å²) in [5.74, 6) is 0. The molecule has 1 saturated heterocycles. The van der Waals surface area contributed by atoms with E-state index in [0.29, 0.717) is 6.04 Å². The molecule has 0 aromatic rings. The molecule has 2 aliphatic rings. The third kappa shape index (κ3) is 3.95. The van der Waals surface area contributed by atoms with Crippen LogP contribution in [0.2, 0.25) is 0 Å². The van der Waals surface area contributed by atoms with Crippen molar-refractivity contribution in [2.24, 2.45) is 0 Å². The van der Waals surface area contributed by atoms with Crippen molar-refractivity contribution in [2.45, 2.75) is 88.2 Å². The van der Waals surface area contributed by atoms with E-state index in [-0.39, 0.29) is 22.4 Å². The maximum absolute atomic E-state index is 11.9. The maximum atomic E-state index is 11.9. The minimum Gasteiger partial charge on any atom is -0.310 e. The molecule has 20 heavy (non-hydrogen) atoms. The van der Waals surface area contributed by atoms with E-state index in [4.69, 9.17) is 0 Å². The first-order valence-corrected chi connectivity index (χ1v) is 9.68. The average Bonchev–Trinajstić information content (AvgIpc) is 2.59. The van der Waals surface area contributed by atoms with E-state index in [1.807, 2.05) is 0 Å². The van der Waals surface area contributed by atoms with Crippen LogP contribution in [0.5, 0.6) is 0 Å². The van der Waals surface area contributed by atoms with Crippen molar-refractivity contribution in [3.8, 4) is 0 Å². The van der Waals surface area contributed by atoms with Gasteiger partial charge in [-0.2, -0.15) is 0 Å². The Labute approximate surface area is 124 Å². The van der Waals surface area contributed by atoms with Crippen LogP contribution in [0.25, 0.3) is 0 Å². The van der Waals surface area contributed by atoms with Crippen LogP contribution in [0.3, 0.4) is 0 Å². The quantitative estimate of drug-likeness (QED) is 0.835. The summed E-state index contributed by atoms with van der Waals surface area (Å²) >= 11 is 0. The largest absolute Gasteiger partial charge is 0.310 e. The molecule has 0 amide bonds. The fourth-order valence-electron chi connectivity index (χ4n) is 4.37. The van der Waals surface area contributed by atoms with Crippen LogP contribution in [-0.4, -0.2) is 43.1 Å². The highest BCUT2D eigenvalue weighted by Gasteiger charge is 2.41. The van der Waals surface area contributed by atoms with Gasteiger partial charge in [-0.15, -0.1) is 0 Å². The van der Waals surface area contributed by atoms with Gasteiger partial charge in [-0.25, -0.2) is 8.42 Å². The van der Waals surface area contributed by atoms with E-state index in [1.165, 1.54) is 6.26 Å². The Morgan fingerprint density at radius 2 is 1.60 bits per heavy atom. The number of hydrogen-bond donors (Lipinski definition) is 2. The molecular weight excluding hydrogens is 272 g/mol. The molecule has 1 aliphatic carbocycles. The zero-order chi connectivity index (χ0) is 15.2. The molecule has 2 atom stereocenters. The standard InChI is InChI=1S/C15H30N2O2S/c1-14(2)9-11(10-15(3,4)17-14)16-12-7-6-8-13(12)20(5,18)19/h11-13,16-17H,6-10H2,1-5H3. The molecule has 5 heteroatoms. The normalized spacial score (nSPS) is 34.2. The van der Waals surface area contributed by atoms with Gasteiger partial charge in [-0.05, 0) is 53.4 Å². The van der Waals surface area contributed by atoms with E-state index in [2.05, 4.69) is 38.3 Å². The second-order valence-electron chi connectivity index (χ2n) is 8.07. The third-order valence-electron chi connectivity index (χ3n) is 4.64. The molecule has 0 aromatic carbocycles. The summed E-state index contributed by atoms with van der Waals surface area (Å²) in [6.07, 6.45) is 6.30. The SMILES string of the molecule is CC1(C)CC(NC2CCCC2S(C)(=O)=O)CC(C)(C)N1. The van der Waals surface area contributed by atoms with E-state index >= 15 is 0 Å². The minimum absolute atomic E-state index is 0.0958. The summed E-state index contributed by atoms with van der Waals surface area (Å²) in [6, 6.07) is 0.535. The summed E-state index contributed by atoms with van der Waals surface area (Å²) in [5.41, 5.74) is 0.192. The van der Waals surface area contributed by atoms with Gasteiger partial charge in [0, 0.05) is 29.4 Å². The Kier molecular flexibility index (Phi) is 4.27. The first kappa shape index (κ1) is 16.2. The molecule has 2 rings (SSSR count). The van der Waals surface area contributed by atoms with Gasteiger partial charge in [-0.1, -0.05) is 6.42 Å². The predicted octanol–water partition coefficient (Wildman–Crippen LogP) is 1.85. The lowest BCUT2D eigenvalue weighted by Crippen LogP contribution is -2.63. The summed E-state index contributed by atoms with van der Waals surface area (Å²) in [7, 11) is -2.94. The number of nitrogens with one attached hydrogen (secondary N) is 2. The Morgan fingerprint density at radius 1 is 1.05 bits per heavy atom. The second kappa shape index (κ2) is 5.25. The molecule has 4 nitrogen and oxygen atoms in total. The first-order valence-electron chi connectivity index (χ1n) is 7.73. The van der Waals surface area contributed by atoms with Crippen molar-refractivity contribution in [1.29, 1.82) is 0 Å². The fraction of sp³-hybridized carbons (Fsp3) is 1.00. The molecule has 0 spiro atoms. The van der Waals surface area contributed by atoms with Gasteiger partial charge in [-0.3, -0.25) is 0 Å². The average molecular weight is 302 g/mol. The lowest BCUT2D eigenvalue weighted by atomic mass is 9.79. The number of piperidine rings is 1. The monoisotopic (exact) mass is 302 g/mol. The molecule has 1 saturated carbocycles. The van der Waals surface area contributed by atoms with E-state index in [0.717, 1.165) is 32.1 Å². The molecule has 0 aromatic heterocycles. The van der Waals surface area contributed by atoms with Crippen molar-refractivity contribution >= 4 is 9.84 Å². The van der Waals surface area contributed by atoms with Crippen LogP contribution in [0, 0.1) is 0 Å². The van der Waals surface area contributed by atoms with Crippen molar-refractivity contribution in [1.82, 2.24) is 10.6 Å². The van der Waals surface area contributed by atoms with Crippen LogP contribution in [-0.2, 0) is 9.84 Å². The van der Waals surface area contributed by atoms with Crippen LogP contribution < -0.4 is 10.6 Å². The minimum atomic E-state index is -2.94. The molecule has 2 fully saturated rings. The second-order valence-corrected chi connectivity index (χ2v) is 10.3. The molecule has 118 valence electrons. The topological polar surface area (TPSA) is 58.2 Å². The van der Waals surface area contributed by atoms with Crippen molar-refractivity contribution in [2.75, 3.05) is 6.26 Å². The third-order valence-corrected chi connectivity index (χ3v) is 6.31. The summed E-state index contributed by atoms with van der Waals surface area (Å²) < 4.78 is 23.8. The molecule has 2 N–H and O–H groups in total. The van der Waals surface area contributed by atoms with E-state index in [9.17, 15) is 8.42 Å². The highest BCUT2D eigenvalue weighted by molar-refractivity contribution is 7.91. The predicted molar refractivity (Wildman–Crippen MR) is 83.7 cm³/mol. The summed E-state index contributed by atoms with van der Waals surface area (Å²) in [5, 5.41) is 7.15. The van der Waals surface area contributed by atoms with Crippen LogP contribution in [0.4, 0.5) is 0 Å². The Morgan fingerprint density at radius 3 is 2.10 bits per heavy atom. The smallest absolute Gasteiger partial charge is 0.151 e. The Bertz CT molecular complexity index is 440. The van der Waals surface area contributed by atoms with Gasteiger partial charge in [0.1, 0.15) is 0 Å². The zero-order valence-corrected chi connectivity index (χ0v) is 14.3. The lowest BCUT2D eigenvalue weighted by Gasteiger charge is -2.47. The number of hydrogen-bond acceptors (Lipinski definition) is 4. The molecule has 1 aliphatic heterocycles. The molecule has 1 heterocycles. The van der Waals surface area contributed by atoms with Crippen LogP contribution in [0.15, 0.2) is 0 Å². The van der Waals surface area contributed by atoms with E-state index in [1.54, 1.807) is 0 Å². The molecule has 0 bridgehead atoms. The van der Waals surface area contributed by atoms with Gasteiger partial charge in [0.25, 0.3) is 0 Å². The van der Waals surface area contributed by atoms with Crippen molar-refractivity contribution in [3.05, 3.63) is 0 Å². The number of rotatable bonds is 3. The van der Waals surface area contributed by atoms with E-state index < -0.39 is 9.84 Å². The zero-order valence-electron chi connectivity index (χ0n) is 13.5. The summed E-state index contributed by atoms with van der Waals surface area (Å²) in [6.45, 7) is 8.91. The van der Waals surface area contributed by atoms with Gasteiger partial charge >= 0.3 is 0 Å². The van der Waals surface area contributed by atoms with Crippen LogP contribution >= 0.6 is 0 Å². The fourth-order valence-corrected chi connectivity index (χ4v) is 5.78. The molecule has 0 radical (unpaired) electrons. The van der Waals surface area contributed by atoms with Crippen molar-refractivity contribution in [3.63, 3.8) is 0 Å². The highest BCUT2D eigenvalue weighted by Crippen LogP contribution is 2.31. The van der Waals surface area contributed by atoms with Crippen LogP contribution in [0.1, 0.15) is 59.8 Å². The lowest BCUT2D eigenvalue weighted by molar-refractivity contribution is 0.140. The maximum Gasteiger partial charge on any atom is 0.151 e. The van der Waals surface area contributed by atoms with Crippen molar-refractivity contribution < 1.29 is 8.42 Å². The van der Waals surface area contributed by atoms with Gasteiger partial charge in [0.05, 0.1) is 5.25 Å². The summed E-state index contributed by atoms with van der Waals surface area (Å²) in [4.78, 5) is 0. The molecule has 2 unspecified atom stereocenters. The van der Waals surface area contributed by atoms with Gasteiger partial charge < -0.3 is 10.6 Å². The Balaban J connectivity index is 2.06. The van der Waals surface area contributed by atoms with Gasteiger partial charge in [0.2, 0.25) is 0 Å². The first-order chi connectivity index (χ1) is 8.99.